The molecule has 2 aromatic rings. The molecule has 2 nitrogen and oxygen atoms in total. The number of alkyl halides is 1. The van der Waals surface area contributed by atoms with Gasteiger partial charge in [0.05, 0.1) is 5.56 Å². The lowest BCUT2D eigenvalue weighted by Gasteiger charge is -2.07. The fraction of sp³-hybridized carbons (Fsp3) is 0.0714. The van der Waals surface area contributed by atoms with Crippen molar-refractivity contribution >= 4 is 15.9 Å². The van der Waals surface area contributed by atoms with Crippen molar-refractivity contribution in [2.75, 3.05) is 0 Å². The highest BCUT2D eigenvalue weighted by Gasteiger charge is 2.05. The van der Waals surface area contributed by atoms with Gasteiger partial charge in [-0.1, -0.05) is 40.2 Å². The molecule has 0 aliphatic carbocycles. The maximum absolute atomic E-state index is 9.07. The summed E-state index contributed by atoms with van der Waals surface area (Å²) in [7, 11) is 0. The Bertz CT molecular complexity index is 546. The van der Waals surface area contributed by atoms with Gasteiger partial charge < -0.3 is 4.74 Å². The zero-order valence-electron chi connectivity index (χ0n) is 9.06. The van der Waals surface area contributed by atoms with E-state index in [-0.39, 0.29) is 0 Å². The normalized spacial score (nSPS) is 9.65. The highest BCUT2D eigenvalue weighted by atomic mass is 79.9. The number of hydrogen-bond donors (Lipinski definition) is 0. The van der Waals surface area contributed by atoms with Gasteiger partial charge in [-0.25, -0.2) is 0 Å². The lowest BCUT2D eigenvalue weighted by Crippen LogP contribution is -1.89. The van der Waals surface area contributed by atoms with Gasteiger partial charge >= 0.3 is 0 Å². The summed E-state index contributed by atoms with van der Waals surface area (Å²) in [4.78, 5) is 0. The number of nitriles is 1. The van der Waals surface area contributed by atoms with Crippen LogP contribution in [-0.4, -0.2) is 0 Å². The van der Waals surface area contributed by atoms with Crippen LogP contribution in [0.5, 0.6) is 11.5 Å². The predicted octanol–water partition coefficient (Wildman–Crippen LogP) is 4.25. The molecule has 0 bridgehead atoms. The summed E-state index contributed by atoms with van der Waals surface area (Å²) in [5.41, 5.74) is 1.60. The Balaban J connectivity index is 2.31. The van der Waals surface area contributed by atoms with Crippen molar-refractivity contribution in [1.29, 1.82) is 5.26 Å². The van der Waals surface area contributed by atoms with Gasteiger partial charge in [0.1, 0.15) is 17.6 Å². The maximum Gasteiger partial charge on any atom is 0.145 e. The largest absolute Gasteiger partial charge is 0.456 e. The number of para-hydroxylation sites is 1. The summed E-state index contributed by atoms with van der Waals surface area (Å²) >= 11 is 3.36. The van der Waals surface area contributed by atoms with E-state index >= 15 is 0 Å². The molecule has 2 rings (SSSR count). The second-order valence-electron chi connectivity index (χ2n) is 3.49. The van der Waals surface area contributed by atoms with Gasteiger partial charge in [-0.05, 0) is 29.8 Å². The van der Waals surface area contributed by atoms with E-state index in [4.69, 9.17) is 10.00 Å². The van der Waals surface area contributed by atoms with Crippen LogP contribution in [0.2, 0.25) is 0 Å². The molecule has 3 heteroatoms. The Morgan fingerprint density at radius 1 is 1.12 bits per heavy atom. The molecule has 0 N–H and O–H groups in total. The van der Waals surface area contributed by atoms with Crippen LogP contribution in [0, 0.1) is 11.3 Å². The van der Waals surface area contributed by atoms with Crippen molar-refractivity contribution in [3.8, 4) is 17.6 Å². The van der Waals surface area contributed by atoms with E-state index in [1.54, 1.807) is 0 Å². The molecule has 0 unspecified atom stereocenters. The Morgan fingerprint density at radius 2 is 1.88 bits per heavy atom. The van der Waals surface area contributed by atoms with E-state index in [2.05, 4.69) is 22.0 Å². The highest BCUT2D eigenvalue weighted by Crippen LogP contribution is 2.26. The number of ether oxygens (including phenoxy) is 1. The van der Waals surface area contributed by atoms with Gasteiger partial charge in [-0.15, -0.1) is 0 Å². The number of rotatable bonds is 3. The number of halogens is 1. The minimum absolute atomic E-state index is 0.547. The average Bonchev–Trinajstić information content (AvgIpc) is 2.40. The second kappa shape index (κ2) is 5.51. The van der Waals surface area contributed by atoms with Crippen molar-refractivity contribution in [2.45, 2.75) is 5.33 Å². The summed E-state index contributed by atoms with van der Waals surface area (Å²) in [6.45, 7) is 0. The monoisotopic (exact) mass is 287 g/mol. The molecule has 0 fully saturated rings. The van der Waals surface area contributed by atoms with Crippen LogP contribution in [0.4, 0.5) is 0 Å². The topological polar surface area (TPSA) is 33.0 Å². The minimum atomic E-state index is 0.547. The van der Waals surface area contributed by atoms with Crippen LogP contribution < -0.4 is 4.74 Å². The molecule has 84 valence electrons. The fourth-order valence-corrected chi connectivity index (χ4v) is 1.80. The van der Waals surface area contributed by atoms with Crippen LogP contribution in [0.15, 0.2) is 48.5 Å². The first kappa shape index (κ1) is 11.7. The first-order chi connectivity index (χ1) is 8.33. The van der Waals surface area contributed by atoms with E-state index < -0.39 is 0 Å². The molecular formula is C14H10BrNO. The zero-order chi connectivity index (χ0) is 12.1. The van der Waals surface area contributed by atoms with Gasteiger partial charge in [-0.2, -0.15) is 5.26 Å². The molecule has 0 atom stereocenters. The molecule has 17 heavy (non-hydrogen) atoms. The molecule has 0 aromatic heterocycles. The van der Waals surface area contributed by atoms with Crippen molar-refractivity contribution in [2.24, 2.45) is 0 Å². The Hall–Kier alpha value is -1.79. The SMILES string of the molecule is N#Cc1cc(CBr)ccc1Oc1ccccc1. The number of benzene rings is 2. The van der Waals surface area contributed by atoms with E-state index in [0.717, 1.165) is 16.6 Å². The van der Waals surface area contributed by atoms with Gasteiger partial charge in [0.2, 0.25) is 0 Å². The standard InChI is InChI=1S/C14H10BrNO/c15-9-11-6-7-14(12(8-11)10-16)17-13-4-2-1-3-5-13/h1-8H,9H2. The van der Waals surface area contributed by atoms with E-state index in [1.807, 2.05) is 48.5 Å². The maximum atomic E-state index is 9.07. The second-order valence-corrected chi connectivity index (χ2v) is 4.05. The van der Waals surface area contributed by atoms with Gasteiger partial charge in [-0.3, -0.25) is 0 Å². The average molecular weight is 288 g/mol. The molecule has 0 saturated heterocycles. The molecule has 0 aliphatic heterocycles. The quantitative estimate of drug-likeness (QED) is 0.791. The van der Waals surface area contributed by atoms with Gasteiger partial charge in [0.15, 0.2) is 0 Å². The Kier molecular flexibility index (Phi) is 3.79. The van der Waals surface area contributed by atoms with Crippen LogP contribution >= 0.6 is 15.9 Å². The summed E-state index contributed by atoms with van der Waals surface area (Å²) in [6.07, 6.45) is 0. The lowest BCUT2D eigenvalue weighted by atomic mass is 10.1. The molecule has 0 aliphatic rings. The summed E-state index contributed by atoms with van der Waals surface area (Å²) < 4.78 is 5.66. The first-order valence-electron chi connectivity index (χ1n) is 5.15. The summed E-state index contributed by atoms with van der Waals surface area (Å²) in [5, 5.41) is 9.80. The molecule has 0 saturated carbocycles. The Morgan fingerprint density at radius 3 is 2.53 bits per heavy atom. The number of nitrogens with zero attached hydrogens (tertiary/aromatic N) is 1. The lowest BCUT2D eigenvalue weighted by molar-refractivity contribution is 0.481. The minimum Gasteiger partial charge on any atom is -0.456 e. The van der Waals surface area contributed by atoms with Crippen LogP contribution in [0.3, 0.4) is 0 Å². The van der Waals surface area contributed by atoms with E-state index in [0.29, 0.717) is 11.3 Å². The predicted molar refractivity (Wildman–Crippen MR) is 70.3 cm³/mol. The van der Waals surface area contributed by atoms with Gasteiger partial charge in [0, 0.05) is 5.33 Å². The van der Waals surface area contributed by atoms with Crippen molar-refractivity contribution in [3.63, 3.8) is 0 Å². The molecule has 0 amide bonds. The number of hydrogen-bond acceptors (Lipinski definition) is 2. The first-order valence-corrected chi connectivity index (χ1v) is 6.27. The zero-order valence-corrected chi connectivity index (χ0v) is 10.6. The Labute approximate surface area is 109 Å². The van der Waals surface area contributed by atoms with Gasteiger partial charge in [0.25, 0.3) is 0 Å². The fourth-order valence-electron chi connectivity index (χ4n) is 1.45. The molecular weight excluding hydrogens is 278 g/mol. The van der Waals surface area contributed by atoms with Crippen molar-refractivity contribution < 1.29 is 4.74 Å². The molecule has 0 heterocycles. The van der Waals surface area contributed by atoms with Crippen LogP contribution in [0.25, 0.3) is 0 Å². The van der Waals surface area contributed by atoms with Crippen LogP contribution in [0.1, 0.15) is 11.1 Å². The third-order valence-corrected chi connectivity index (χ3v) is 2.94. The molecule has 2 aromatic carbocycles. The summed E-state index contributed by atoms with van der Waals surface area (Å²) in [5.74, 6) is 1.32. The van der Waals surface area contributed by atoms with Crippen molar-refractivity contribution in [3.05, 3.63) is 59.7 Å². The molecule has 0 spiro atoms. The van der Waals surface area contributed by atoms with Crippen molar-refractivity contribution in [1.82, 2.24) is 0 Å². The van der Waals surface area contributed by atoms with Crippen LogP contribution in [-0.2, 0) is 5.33 Å². The smallest absolute Gasteiger partial charge is 0.145 e. The third kappa shape index (κ3) is 2.86. The highest BCUT2D eigenvalue weighted by molar-refractivity contribution is 9.08. The van der Waals surface area contributed by atoms with E-state index in [1.165, 1.54) is 0 Å². The molecule has 0 radical (unpaired) electrons. The summed E-state index contributed by atoms with van der Waals surface area (Å²) in [6, 6.07) is 17.2. The third-order valence-electron chi connectivity index (χ3n) is 2.29. The van der Waals surface area contributed by atoms with E-state index in [9.17, 15) is 0 Å².